The number of carboxylic acids is 1. The number of aliphatic carboxylic acids is 1. The molecule has 2 amide bonds. The highest BCUT2D eigenvalue weighted by Gasteiger charge is 2.31. The van der Waals surface area contributed by atoms with Gasteiger partial charge < -0.3 is 9.84 Å². The van der Waals surface area contributed by atoms with Crippen LogP contribution in [0, 0.1) is 0 Å². The summed E-state index contributed by atoms with van der Waals surface area (Å²) in [7, 11) is 1.76. The number of carbonyl (C=O) groups is 3. The Hall–Kier alpha value is -2.90. The van der Waals surface area contributed by atoms with Crippen LogP contribution < -0.4 is 10.1 Å². The number of hydrogen-bond acceptors (Lipinski definition) is 5. The van der Waals surface area contributed by atoms with Crippen molar-refractivity contribution in [2.24, 2.45) is 7.05 Å². The van der Waals surface area contributed by atoms with Gasteiger partial charge in [-0.25, -0.2) is 4.79 Å². The number of hydrogen-bond donors (Lipinski definition) is 2. The fourth-order valence-electron chi connectivity index (χ4n) is 2.72. The molecule has 1 fully saturated rings. The highest BCUT2D eigenvalue weighted by molar-refractivity contribution is 6.02. The maximum Gasteiger partial charge on any atom is 0.341 e. The summed E-state index contributed by atoms with van der Waals surface area (Å²) in [4.78, 5) is 34.0. The minimum absolute atomic E-state index is 0.268. The average Bonchev–Trinajstić information content (AvgIpc) is 2.82. The van der Waals surface area contributed by atoms with E-state index in [1.54, 1.807) is 29.9 Å². The Labute approximate surface area is 131 Å². The van der Waals surface area contributed by atoms with Crippen LogP contribution in [-0.2, 0) is 21.4 Å². The van der Waals surface area contributed by atoms with Crippen molar-refractivity contribution in [1.29, 1.82) is 0 Å². The van der Waals surface area contributed by atoms with Crippen molar-refractivity contribution < 1.29 is 24.2 Å². The van der Waals surface area contributed by atoms with Gasteiger partial charge in [0.2, 0.25) is 11.8 Å². The normalized spacial score (nSPS) is 18.0. The van der Waals surface area contributed by atoms with E-state index in [0.29, 0.717) is 23.3 Å². The zero-order valence-corrected chi connectivity index (χ0v) is 12.4. The van der Waals surface area contributed by atoms with Gasteiger partial charge in [0.15, 0.2) is 6.61 Å². The Morgan fingerprint density at radius 3 is 2.96 bits per heavy atom. The number of carbonyl (C=O) groups excluding carboxylic acids is 2. The molecule has 0 aliphatic carbocycles. The van der Waals surface area contributed by atoms with Crippen molar-refractivity contribution in [2.45, 2.75) is 18.8 Å². The molecule has 2 N–H and O–H groups in total. The molecule has 2 heterocycles. The number of imide groups is 1. The number of nitrogens with zero attached hydrogens (tertiary/aromatic N) is 2. The smallest absolute Gasteiger partial charge is 0.341 e. The molecular formula is C15H15N3O5. The van der Waals surface area contributed by atoms with Crippen molar-refractivity contribution in [3.05, 3.63) is 23.9 Å². The standard InChI is InChI=1S/C15H15N3O5/c1-18-11-4-2-8(23-7-13(20)21)6-10(11)14(17-18)9-3-5-12(19)16-15(9)22/h2,4,6,9H,3,5,7H2,1H3,(H,20,21)(H,16,19,22). The van der Waals surface area contributed by atoms with Gasteiger partial charge >= 0.3 is 5.97 Å². The van der Waals surface area contributed by atoms with Crippen LogP contribution >= 0.6 is 0 Å². The molecule has 8 heteroatoms. The lowest BCUT2D eigenvalue weighted by molar-refractivity contribution is -0.139. The molecule has 0 spiro atoms. The summed E-state index contributed by atoms with van der Waals surface area (Å²) >= 11 is 0. The van der Waals surface area contributed by atoms with E-state index in [4.69, 9.17) is 9.84 Å². The quantitative estimate of drug-likeness (QED) is 0.797. The third kappa shape index (κ3) is 2.87. The first-order valence-corrected chi connectivity index (χ1v) is 7.10. The van der Waals surface area contributed by atoms with E-state index in [2.05, 4.69) is 10.4 Å². The van der Waals surface area contributed by atoms with Gasteiger partial charge in [-0.05, 0) is 24.6 Å². The van der Waals surface area contributed by atoms with E-state index in [-0.39, 0.29) is 18.2 Å². The van der Waals surface area contributed by atoms with Crippen molar-refractivity contribution in [3.63, 3.8) is 0 Å². The average molecular weight is 317 g/mol. The third-order valence-electron chi connectivity index (χ3n) is 3.78. The molecule has 0 bridgehead atoms. The monoisotopic (exact) mass is 317 g/mol. The summed E-state index contributed by atoms with van der Waals surface area (Å²) in [6.45, 7) is -0.445. The van der Waals surface area contributed by atoms with Crippen LogP contribution in [0.15, 0.2) is 18.2 Å². The van der Waals surface area contributed by atoms with Gasteiger partial charge in [0.25, 0.3) is 0 Å². The predicted octanol–water partition coefficient (Wildman–Crippen LogP) is 0.557. The van der Waals surface area contributed by atoms with Crippen LogP contribution in [0.3, 0.4) is 0 Å². The summed E-state index contributed by atoms with van der Waals surface area (Å²) in [6.07, 6.45) is 0.667. The van der Waals surface area contributed by atoms with Crippen molar-refractivity contribution in [2.75, 3.05) is 6.61 Å². The Kier molecular flexibility index (Phi) is 3.73. The molecule has 23 heavy (non-hydrogen) atoms. The number of carboxylic acid groups (broad SMARTS) is 1. The number of amides is 2. The molecular weight excluding hydrogens is 302 g/mol. The fraction of sp³-hybridized carbons (Fsp3) is 0.333. The van der Waals surface area contributed by atoms with Crippen LogP contribution in [0.25, 0.3) is 10.9 Å². The Morgan fingerprint density at radius 1 is 1.48 bits per heavy atom. The largest absolute Gasteiger partial charge is 0.482 e. The number of piperidine rings is 1. The summed E-state index contributed by atoms with van der Waals surface area (Å²) in [6, 6.07) is 5.08. The van der Waals surface area contributed by atoms with E-state index >= 15 is 0 Å². The molecule has 1 saturated heterocycles. The second kappa shape index (κ2) is 5.71. The van der Waals surface area contributed by atoms with Crippen molar-refractivity contribution in [1.82, 2.24) is 15.1 Å². The number of nitrogens with one attached hydrogen (secondary N) is 1. The molecule has 1 aromatic heterocycles. The molecule has 1 aliphatic rings. The van der Waals surface area contributed by atoms with Crippen molar-refractivity contribution >= 4 is 28.7 Å². The number of benzene rings is 1. The zero-order valence-electron chi connectivity index (χ0n) is 12.4. The molecule has 0 saturated carbocycles. The first-order chi connectivity index (χ1) is 11.0. The van der Waals surface area contributed by atoms with Crippen LogP contribution in [-0.4, -0.2) is 39.3 Å². The SMILES string of the molecule is Cn1nc(C2CCC(=O)NC2=O)c2cc(OCC(=O)O)ccc21. The Balaban J connectivity index is 1.99. The number of rotatable bonds is 4. The number of ether oxygens (including phenoxy) is 1. The lowest BCUT2D eigenvalue weighted by Gasteiger charge is -2.19. The molecule has 8 nitrogen and oxygen atoms in total. The molecule has 1 aromatic carbocycles. The lowest BCUT2D eigenvalue weighted by Crippen LogP contribution is -2.39. The second-order valence-electron chi connectivity index (χ2n) is 5.37. The molecule has 3 rings (SSSR count). The summed E-state index contributed by atoms with van der Waals surface area (Å²) in [5.41, 5.74) is 1.36. The van der Waals surface area contributed by atoms with E-state index < -0.39 is 18.5 Å². The van der Waals surface area contributed by atoms with Gasteiger partial charge in [0.05, 0.1) is 17.1 Å². The first kappa shape index (κ1) is 15.0. The topological polar surface area (TPSA) is 111 Å². The van der Waals surface area contributed by atoms with Gasteiger partial charge in [0.1, 0.15) is 5.75 Å². The molecule has 1 unspecified atom stereocenters. The van der Waals surface area contributed by atoms with E-state index in [9.17, 15) is 14.4 Å². The van der Waals surface area contributed by atoms with Gasteiger partial charge in [-0.3, -0.25) is 19.6 Å². The highest BCUT2D eigenvalue weighted by atomic mass is 16.5. The summed E-state index contributed by atoms with van der Waals surface area (Å²) in [5, 5.41) is 16.1. The van der Waals surface area contributed by atoms with E-state index in [0.717, 1.165) is 5.52 Å². The molecule has 120 valence electrons. The number of aryl methyl sites for hydroxylation is 1. The van der Waals surface area contributed by atoms with E-state index in [1.807, 2.05) is 0 Å². The summed E-state index contributed by atoms with van der Waals surface area (Å²) in [5.74, 6) is -1.83. The zero-order chi connectivity index (χ0) is 16.6. The number of aromatic nitrogens is 2. The molecule has 1 aliphatic heterocycles. The molecule has 1 atom stereocenters. The highest BCUT2D eigenvalue weighted by Crippen LogP contribution is 2.32. The molecule has 2 aromatic rings. The van der Waals surface area contributed by atoms with Crippen LogP contribution in [0.1, 0.15) is 24.5 Å². The van der Waals surface area contributed by atoms with Crippen LogP contribution in [0.4, 0.5) is 0 Å². The first-order valence-electron chi connectivity index (χ1n) is 7.10. The lowest BCUT2D eigenvalue weighted by atomic mass is 9.93. The van der Waals surface area contributed by atoms with Crippen LogP contribution in [0.2, 0.25) is 0 Å². The van der Waals surface area contributed by atoms with Gasteiger partial charge in [-0.1, -0.05) is 0 Å². The Morgan fingerprint density at radius 2 is 2.26 bits per heavy atom. The second-order valence-corrected chi connectivity index (χ2v) is 5.37. The number of fused-ring (bicyclic) bond motifs is 1. The molecule has 0 radical (unpaired) electrons. The van der Waals surface area contributed by atoms with Gasteiger partial charge in [-0.2, -0.15) is 5.10 Å². The minimum atomic E-state index is -1.07. The maximum atomic E-state index is 12.1. The minimum Gasteiger partial charge on any atom is -0.482 e. The van der Waals surface area contributed by atoms with Gasteiger partial charge in [-0.15, -0.1) is 0 Å². The summed E-state index contributed by atoms with van der Waals surface area (Å²) < 4.78 is 6.83. The van der Waals surface area contributed by atoms with Gasteiger partial charge in [0, 0.05) is 18.9 Å². The third-order valence-corrected chi connectivity index (χ3v) is 3.78. The maximum absolute atomic E-state index is 12.1. The van der Waals surface area contributed by atoms with E-state index in [1.165, 1.54) is 0 Å². The Bertz CT molecular complexity index is 811. The van der Waals surface area contributed by atoms with Crippen LogP contribution in [0.5, 0.6) is 5.75 Å². The fourth-order valence-corrected chi connectivity index (χ4v) is 2.72. The van der Waals surface area contributed by atoms with Crippen molar-refractivity contribution in [3.8, 4) is 5.75 Å². The predicted molar refractivity (Wildman–Crippen MR) is 79.0 cm³/mol.